The molecule has 0 N–H and O–H groups in total. The Morgan fingerprint density at radius 2 is 1.90 bits per heavy atom. The van der Waals surface area contributed by atoms with E-state index in [1.54, 1.807) is 12.1 Å². The van der Waals surface area contributed by atoms with Crippen molar-refractivity contribution < 1.29 is 13.3 Å². The first-order valence-corrected chi connectivity index (χ1v) is 8.17. The van der Waals surface area contributed by atoms with Gasteiger partial charge in [-0.3, -0.25) is 14.4 Å². The van der Waals surface area contributed by atoms with E-state index in [-0.39, 0.29) is 16.6 Å². The van der Waals surface area contributed by atoms with Crippen LogP contribution >= 0.6 is 0 Å². The molecule has 0 radical (unpaired) electrons. The van der Waals surface area contributed by atoms with Crippen LogP contribution in [0.4, 0.5) is 11.4 Å². The summed E-state index contributed by atoms with van der Waals surface area (Å²) in [6.07, 6.45) is 3.41. The van der Waals surface area contributed by atoms with Gasteiger partial charge in [0.2, 0.25) is 10.0 Å². The lowest BCUT2D eigenvalue weighted by Gasteiger charge is -2.19. The molecule has 1 aromatic carbocycles. The first-order valence-electron chi connectivity index (χ1n) is 6.67. The summed E-state index contributed by atoms with van der Waals surface area (Å²) < 4.78 is 25.6. The molecular weight excluding hydrogens is 280 g/mol. The lowest BCUT2D eigenvalue weighted by Crippen LogP contribution is -2.30. The topological polar surface area (TPSA) is 80.5 Å². The van der Waals surface area contributed by atoms with Gasteiger partial charge in [0.1, 0.15) is 5.69 Å². The van der Waals surface area contributed by atoms with Gasteiger partial charge in [-0.05, 0) is 43.2 Å². The summed E-state index contributed by atoms with van der Waals surface area (Å²) in [6.45, 7) is 0. The number of nitro benzene ring substituents is 1. The van der Waals surface area contributed by atoms with Gasteiger partial charge in [-0.2, -0.15) is 0 Å². The predicted octanol–water partition coefficient (Wildman–Crippen LogP) is 2.40. The van der Waals surface area contributed by atoms with Crippen LogP contribution in [-0.2, 0) is 10.0 Å². The Balaban J connectivity index is 2.04. The summed E-state index contributed by atoms with van der Waals surface area (Å²) in [4.78, 5) is 10.6. The van der Waals surface area contributed by atoms with Crippen LogP contribution in [0.5, 0.6) is 0 Å². The smallest absolute Gasteiger partial charge is 0.266 e. The summed E-state index contributed by atoms with van der Waals surface area (Å²) in [7, 11) is -2.06. The van der Waals surface area contributed by atoms with Gasteiger partial charge >= 0.3 is 0 Å². The van der Waals surface area contributed by atoms with E-state index in [1.807, 2.05) is 0 Å². The Labute approximate surface area is 117 Å². The summed E-state index contributed by atoms with van der Waals surface area (Å²) in [5, 5.41) is 10.7. The van der Waals surface area contributed by atoms with E-state index < -0.39 is 14.9 Å². The molecule has 0 atom stereocenters. The Morgan fingerprint density at radius 3 is 2.40 bits per heavy atom. The van der Waals surface area contributed by atoms with Crippen LogP contribution in [-0.4, -0.2) is 25.6 Å². The lowest BCUT2D eigenvalue weighted by molar-refractivity contribution is -0.384. The van der Waals surface area contributed by atoms with E-state index in [1.165, 1.54) is 13.1 Å². The Bertz CT molecular complexity index is 663. The summed E-state index contributed by atoms with van der Waals surface area (Å²) in [5.74, 6) is 0.423. The number of rotatable bonds is 5. The number of benzene rings is 1. The van der Waals surface area contributed by atoms with E-state index in [0.29, 0.717) is 18.8 Å². The van der Waals surface area contributed by atoms with Crippen molar-refractivity contribution in [2.75, 3.05) is 11.4 Å². The Morgan fingerprint density at radius 1 is 1.25 bits per heavy atom. The van der Waals surface area contributed by atoms with Crippen LogP contribution in [0.2, 0.25) is 0 Å². The highest BCUT2D eigenvalue weighted by Crippen LogP contribution is 2.44. The molecule has 0 spiro atoms. The normalized spacial score (nSPS) is 18.9. The molecular formula is C13H16N2O4S. The van der Waals surface area contributed by atoms with Crippen LogP contribution in [0.15, 0.2) is 18.2 Å². The molecule has 1 aromatic rings. The molecule has 0 unspecified atom stereocenters. The molecule has 108 valence electrons. The standard InChI is InChI=1S/C13H16N2O4S/c1-14(20(18,19)11-5-6-11)13-8-10(9-2-3-9)4-7-12(13)15(16)17/h4,7-9,11H,2-3,5-6H2,1H3. The van der Waals surface area contributed by atoms with Gasteiger partial charge in [-0.1, -0.05) is 6.07 Å². The van der Waals surface area contributed by atoms with Gasteiger partial charge < -0.3 is 0 Å². The molecule has 0 aliphatic heterocycles. The molecule has 2 fully saturated rings. The van der Waals surface area contributed by atoms with Crippen molar-refractivity contribution >= 4 is 21.4 Å². The van der Waals surface area contributed by atoms with Gasteiger partial charge in [0.25, 0.3) is 5.69 Å². The van der Waals surface area contributed by atoms with Gasteiger partial charge in [0.05, 0.1) is 10.2 Å². The highest BCUT2D eigenvalue weighted by Gasteiger charge is 2.40. The van der Waals surface area contributed by atoms with E-state index in [0.717, 1.165) is 22.7 Å². The van der Waals surface area contributed by atoms with Gasteiger partial charge in [-0.15, -0.1) is 0 Å². The zero-order chi connectivity index (χ0) is 14.5. The van der Waals surface area contributed by atoms with Crippen molar-refractivity contribution in [1.82, 2.24) is 0 Å². The number of sulfonamides is 1. The predicted molar refractivity (Wildman–Crippen MR) is 75.4 cm³/mol. The number of nitrogens with zero attached hydrogens (tertiary/aromatic N) is 2. The third kappa shape index (κ3) is 2.26. The van der Waals surface area contributed by atoms with Crippen LogP contribution in [0.3, 0.4) is 0 Å². The molecule has 7 heteroatoms. The van der Waals surface area contributed by atoms with E-state index in [2.05, 4.69) is 0 Å². The maximum absolute atomic E-state index is 12.3. The van der Waals surface area contributed by atoms with Crippen LogP contribution in [0, 0.1) is 10.1 Å². The highest BCUT2D eigenvalue weighted by atomic mass is 32.2. The molecule has 2 saturated carbocycles. The second kappa shape index (κ2) is 4.44. The van der Waals surface area contributed by atoms with Crippen molar-refractivity contribution in [2.24, 2.45) is 0 Å². The largest absolute Gasteiger partial charge is 0.293 e. The summed E-state index contributed by atoms with van der Waals surface area (Å²) in [6, 6.07) is 4.81. The van der Waals surface area contributed by atoms with Crippen LogP contribution in [0.25, 0.3) is 0 Å². The maximum atomic E-state index is 12.3. The molecule has 0 amide bonds. The number of anilines is 1. The van der Waals surface area contributed by atoms with Crippen LogP contribution < -0.4 is 4.31 Å². The number of hydrogen-bond donors (Lipinski definition) is 0. The highest BCUT2D eigenvalue weighted by molar-refractivity contribution is 7.93. The minimum Gasteiger partial charge on any atom is -0.266 e. The molecule has 0 heterocycles. The van der Waals surface area contributed by atoms with Crippen molar-refractivity contribution in [2.45, 2.75) is 36.9 Å². The van der Waals surface area contributed by atoms with E-state index in [9.17, 15) is 18.5 Å². The zero-order valence-corrected chi connectivity index (χ0v) is 12.0. The molecule has 20 heavy (non-hydrogen) atoms. The van der Waals surface area contributed by atoms with Gasteiger partial charge in [0.15, 0.2) is 0 Å². The van der Waals surface area contributed by atoms with Crippen molar-refractivity contribution in [1.29, 1.82) is 0 Å². The van der Waals surface area contributed by atoms with E-state index in [4.69, 9.17) is 0 Å². The first kappa shape index (κ1) is 13.4. The third-order valence-electron chi connectivity index (χ3n) is 3.91. The fourth-order valence-electron chi connectivity index (χ4n) is 2.34. The summed E-state index contributed by atoms with van der Waals surface area (Å²) >= 11 is 0. The van der Waals surface area contributed by atoms with Gasteiger partial charge in [0, 0.05) is 13.1 Å². The number of hydrogen-bond acceptors (Lipinski definition) is 4. The zero-order valence-electron chi connectivity index (χ0n) is 11.2. The third-order valence-corrected chi connectivity index (χ3v) is 6.19. The van der Waals surface area contributed by atoms with Crippen molar-refractivity contribution in [3.8, 4) is 0 Å². The fraction of sp³-hybridized carbons (Fsp3) is 0.538. The molecule has 2 aliphatic rings. The maximum Gasteiger partial charge on any atom is 0.293 e. The Hall–Kier alpha value is -1.63. The molecule has 3 rings (SSSR count). The van der Waals surface area contributed by atoms with E-state index >= 15 is 0 Å². The molecule has 2 aliphatic carbocycles. The second-order valence-corrected chi connectivity index (χ2v) is 7.74. The Kier molecular flexibility index (Phi) is 2.97. The minimum atomic E-state index is -3.47. The average molecular weight is 296 g/mol. The molecule has 0 aromatic heterocycles. The molecule has 0 bridgehead atoms. The first-order chi connectivity index (χ1) is 9.41. The van der Waals surface area contributed by atoms with Crippen molar-refractivity contribution in [3.05, 3.63) is 33.9 Å². The van der Waals surface area contributed by atoms with Crippen molar-refractivity contribution in [3.63, 3.8) is 0 Å². The van der Waals surface area contributed by atoms with Crippen LogP contribution in [0.1, 0.15) is 37.2 Å². The second-order valence-electron chi connectivity index (χ2n) is 5.49. The number of nitro groups is 1. The molecule has 6 nitrogen and oxygen atoms in total. The molecule has 0 saturated heterocycles. The minimum absolute atomic E-state index is 0.152. The SMILES string of the molecule is CN(c1cc(C2CC2)ccc1[N+](=O)[O-])S(=O)(=O)C1CC1. The summed E-state index contributed by atoms with van der Waals surface area (Å²) in [5.41, 5.74) is 1.02. The fourth-order valence-corrected chi connectivity index (χ4v) is 3.94. The average Bonchev–Trinajstić information content (AvgIpc) is 3.29. The van der Waals surface area contributed by atoms with Gasteiger partial charge in [-0.25, -0.2) is 8.42 Å². The lowest BCUT2D eigenvalue weighted by atomic mass is 10.1. The monoisotopic (exact) mass is 296 g/mol. The quantitative estimate of drug-likeness (QED) is 0.617.